The van der Waals surface area contributed by atoms with Gasteiger partial charge < -0.3 is 10.6 Å². The third-order valence-corrected chi connectivity index (χ3v) is 6.38. The number of aryl methyl sites for hydroxylation is 3. The van der Waals surface area contributed by atoms with Crippen molar-refractivity contribution in [3.63, 3.8) is 0 Å². The molecule has 1 aromatic carbocycles. The van der Waals surface area contributed by atoms with Crippen molar-refractivity contribution in [1.29, 1.82) is 0 Å². The van der Waals surface area contributed by atoms with Crippen LogP contribution in [0.5, 0.6) is 0 Å². The first-order valence-electron chi connectivity index (χ1n) is 11.4. The number of rotatable bonds is 8. The number of anilines is 1. The normalized spacial score (nSPS) is 13.8. The molecular weight excluding hydrogens is 461 g/mol. The molecule has 182 valence electrons. The van der Waals surface area contributed by atoms with Crippen LogP contribution in [0.15, 0.2) is 30.3 Å². The number of alkyl halides is 3. The molecule has 0 atom stereocenters. The van der Waals surface area contributed by atoms with Crippen molar-refractivity contribution in [2.45, 2.75) is 65.2 Å². The highest BCUT2D eigenvalue weighted by atomic mass is 32.1. The number of hydrogen-bond acceptors (Lipinski definition) is 3. The summed E-state index contributed by atoms with van der Waals surface area (Å²) in [7, 11) is 0. The molecule has 1 fully saturated rings. The number of nitrogens with one attached hydrogen (secondary N) is 2. The predicted octanol–water partition coefficient (Wildman–Crippen LogP) is 5.33. The van der Waals surface area contributed by atoms with Crippen LogP contribution in [0.25, 0.3) is 0 Å². The summed E-state index contributed by atoms with van der Waals surface area (Å²) < 4.78 is 42.6. The van der Waals surface area contributed by atoms with E-state index in [2.05, 4.69) is 39.9 Å². The Balaban J connectivity index is 1.31. The molecule has 34 heavy (non-hydrogen) atoms. The fourth-order valence-electron chi connectivity index (χ4n) is 4.03. The van der Waals surface area contributed by atoms with Gasteiger partial charge >= 0.3 is 6.18 Å². The van der Waals surface area contributed by atoms with Crippen LogP contribution >= 0.6 is 12.2 Å². The molecule has 2 N–H and O–H groups in total. The Labute approximate surface area is 202 Å². The van der Waals surface area contributed by atoms with Crippen molar-refractivity contribution in [2.75, 3.05) is 11.9 Å². The fourth-order valence-corrected chi connectivity index (χ4v) is 4.23. The molecule has 3 aromatic rings. The van der Waals surface area contributed by atoms with Crippen molar-refractivity contribution in [3.05, 3.63) is 64.2 Å². The van der Waals surface area contributed by atoms with E-state index in [9.17, 15) is 13.2 Å². The van der Waals surface area contributed by atoms with Gasteiger partial charge in [-0.25, -0.2) is 0 Å². The maximum Gasteiger partial charge on any atom is 0.435 e. The predicted molar refractivity (Wildman–Crippen MR) is 130 cm³/mol. The van der Waals surface area contributed by atoms with Crippen LogP contribution in [-0.4, -0.2) is 31.2 Å². The van der Waals surface area contributed by atoms with E-state index < -0.39 is 11.9 Å². The summed E-state index contributed by atoms with van der Waals surface area (Å²) in [6.07, 6.45) is -1.97. The van der Waals surface area contributed by atoms with E-state index in [1.165, 1.54) is 21.9 Å². The Bertz CT molecular complexity index is 1180. The van der Waals surface area contributed by atoms with Gasteiger partial charge in [0.15, 0.2) is 10.8 Å². The topological polar surface area (TPSA) is 59.7 Å². The Morgan fingerprint density at radius 2 is 1.85 bits per heavy atom. The minimum Gasteiger partial charge on any atom is -0.362 e. The molecule has 2 aromatic heterocycles. The zero-order valence-electron chi connectivity index (χ0n) is 19.5. The fraction of sp³-hybridized carbons (Fsp3) is 0.458. The third-order valence-electron chi connectivity index (χ3n) is 6.13. The van der Waals surface area contributed by atoms with Gasteiger partial charge in [-0.1, -0.05) is 24.3 Å². The van der Waals surface area contributed by atoms with E-state index in [0.717, 1.165) is 29.9 Å². The van der Waals surface area contributed by atoms with Crippen LogP contribution in [-0.2, 0) is 19.3 Å². The number of nitrogens with zero attached hydrogens (tertiary/aromatic N) is 4. The van der Waals surface area contributed by atoms with Gasteiger partial charge in [0.25, 0.3) is 0 Å². The molecule has 6 nitrogen and oxygen atoms in total. The lowest BCUT2D eigenvalue weighted by Gasteiger charge is -2.12. The molecule has 1 aliphatic carbocycles. The lowest BCUT2D eigenvalue weighted by atomic mass is 10.1. The molecule has 1 saturated carbocycles. The highest BCUT2D eigenvalue weighted by molar-refractivity contribution is 7.80. The quantitative estimate of drug-likeness (QED) is 0.330. The number of hydrogen-bond donors (Lipinski definition) is 2. The lowest BCUT2D eigenvalue weighted by Crippen LogP contribution is -2.30. The summed E-state index contributed by atoms with van der Waals surface area (Å²) in [6.45, 7) is 7.62. The average molecular weight is 491 g/mol. The summed E-state index contributed by atoms with van der Waals surface area (Å²) >= 11 is 5.44. The molecular formula is C24H29F3N6S. The van der Waals surface area contributed by atoms with Crippen LogP contribution in [0.1, 0.15) is 59.1 Å². The van der Waals surface area contributed by atoms with E-state index in [1.807, 2.05) is 30.7 Å². The first kappa shape index (κ1) is 24.3. The zero-order valence-corrected chi connectivity index (χ0v) is 20.4. The van der Waals surface area contributed by atoms with E-state index in [-0.39, 0.29) is 5.92 Å². The summed E-state index contributed by atoms with van der Waals surface area (Å²) in [5.41, 5.74) is 4.98. The van der Waals surface area contributed by atoms with Crippen molar-refractivity contribution >= 4 is 23.0 Å². The highest BCUT2D eigenvalue weighted by Crippen LogP contribution is 2.42. The molecule has 0 radical (unpaired) electrons. The molecule has 2 heterocycles. The van der Waals surface area contributed by atoms with Crippen molar-refractivity contribution in [2.24, 2.45) is 0 Å². The van der Waals surface area contributed by atoms with Gasteiger partial charge in [0.05, 0.1) is 23.6 Å². The Kier molecular flexibility index (Phi) is 6.97. The van der Waals surface area contributed by atoms with E-state index >= 15 is 0 Å². The van der Waals surface area contributed by atoms with Gasteiger partial charge in [0.2, 0.25) is 0 Å². The Hall–Kier alpha value is -2.88. The first-order chi connectivity index (χ1) is 16.1. The van der Waals surface area contributed by atoms with Gasteiger partial charge in [-0.15, -0.1) is 0 Å². The van der Waals surface area contributed by atoms with Crippen molar-refractivity contribution in [3.8, 4) is 0 Å². The SMILES string of the molecule is Cc1ccccc1Cn1nc(C)c(NC(=S)NCCCn2nc(C(F)(F)F)cc2C2CC2)c1C. The molecule has 4 rings (SSSR count). The number of thiocarbonyl (C=S) groups is 1. The number of benzene rings is 1. The van der Waals surface area contributed by atoms with E-state index in [0.29, 0.717) is 36.9 Å². The zero-order chi connectivity index (χ0) is 24.5. The summed E-state index contributed by atoms with van der Waals surface area (Å²) in [5.74, 6) is 0.196. The van der Waals surface area contributed by atoms with Gasteiger partial charge in [-0.2, -0.15) is 23.4 Å². The van der Waals surface area contributed by atoms with E-state index in [1.54, 1.807) is 0 Å². The van der Waals surface area contributed by atoms with Crippen LogP contribution in [0.3, 0.4) is 0 Å². The Morgan fingerprint density at radius 1 is 1.12 bits per heavy atom. The molecule has 1 aliphatic rings. The van der Waals surface area contributed by atoms with Gasteiger partial charge in [-0.05, 0) is 69.4 Å². The monoisotopic (exact) mass is 490 g/mol. The Morgan fingerprint density at radius 3 is 2.53 bits per heavy atom. The molecule has 0 unspecified atom stereocenters. The van der Waals surface area contributed by atoms with Gasteiger partial charge in [0, 0.05) is 24.7 Å². The molecule has 0 saturated heterocycles. The first-order valence-corrected chi connectivity index (χ1v) is 11.8. The highest BCUT2D eigenvalue weighted by Gasteiger charge is 2.37. The minimum atomic E-state index is -4.42. The average Bonchev–Trinajstić information content (AvgIpc) is 3.47. The minimum absolute atomic E-state index is 0.196. The maximum absolute atomic E-state index is 13.1. The molecule has 0 spiro atoms. The standard InChI is InChI=1S/C24H29F3N6S/c1-15-7-4-5-8-19(15)14-33-17(3)22(16(2)30-33)29-23(34)28-11-6-12-32-20(18-9-10-18)13-21(31-32)24(25,26)27/h4-5,7-8,13,18H,6,9-12,14H2,1-3H3,(H2,28,29,34). The third kappa shape index (κ3) is 5.60. The second-order valence-electron chi connectivity index (χ2n) is 8.81. The number of aromatic nitrogens is 4. The summed E-state index contributed by atoms with van der Waals surface area (Å²) in [4.78, 5) is 0. The van der Waals surface area contributed by atoms with Crippen LogP contribution in [0.4, 0.5) is 18.9 Å². The summed E-state index contributed by atoms with van der Waals surface area (Å²) in [5, 5.41) is 15.3. The molecule has 0 aliphatic heterocycles. The second-order valence-corrected chi connectivity index (χ2v) is 9.22. The largest absolute Gasteiger partial charge is 0.435 e. The van der Waals surface area contributed by atoms with Gasteiger partial charge in [0.1, 0.15) is 0 Å². The van der Waals surface area contributed by atoms with Crippen LogP contribution in [0.2, 0.25) is 0 Å². The lowest BCUT2D eigenvalue weighted by molar-refractivity contribution is -0.141. The van der Waals surface area contributed by atoms with Gasteiger partial charge in [-0.3, -0.25) is 9.36 Å². The number of halogens is 3. The molecule has 10 heteroatoms. The molecule has 0 amide bonds. The summed E-state index contributed by atoms with van der Waals surface area (Å²) in [6, 6.07) is 9.41. The van der Waals surface area contributed by atoms with E-state index in [4.69, 9.17) is 12.2 Å². The van der Waals surface area contributed by atoms with Crippen molar-refractivity contribution < 1.29 is 13.2 Å². The smallest absolute Gasteiger partial charge is 0.362 e. The molecule has 0 bridgehead atoms. The van der Waals surface area contributed by atoms with Crippen LogP contribution < -0.4 is 10.6 Å². The maximum atomic E-state index is 13.1. The second kappa shape index (κ2) is 9.77. The van der Waals surface area contributed by atoms with Crippen LogP contribution in [0, 0.1) is 20.8 Å². The van der Waals surface area contributed by atoms with Crippen molar-refractivity contribution in [1.82, 2.24) is 24.9 Å².